The Labute approximate surface area is 197 Å². The van der Waals surface area contributed by atoms with Gasteiger partial charge in [0.15, 0.2) is 11.5 Å². The fourth-order valence-electron chi connectivity index (χ4n) is 3.97. The number of methoxy groups -OCH3 is 3. The fraction of sp³-hybridized carbons (Fsp3) is 0.280. The number of hydrogen-bond donors (Lipinski definition) is 0. The van der Waals surface area contributed by atoms with Crippen molar-refractivity contribution >= 4 is 17.5 Å². The third kappa shape index (κ3) is 4.83. The Morgan fingerprint density at radius 1 is 1.00 bits per heavy atom. The topological polar surface area (TPSA) is 70.1 Å². The normalized spacial score (nSPS) is 14.9. The zero-order valence-electron chi connectivity index (χ0n) is 18.7. The predicted octanol–water partition coefficient (Wildman–Crippen LogP) is 4.58. The molecule has 0 radical (unpaired) electrons. The standard InChI is InChI=1S/C25H25ClN2O5/c1-30-18-5-7-19(8-6-18)33-15-21-20-13-23(32-3)22(31-2)12-16(20)10-11-28(21)25(29)17-4-9-24(26)27-14-17/h4-9,12-14,21H,10-11,15H2,1-3H3. The summed E-state index contributed by atoms with van der Waals surface area (Å²) in [6, 6.07) is 14.2. The molecule has 7 nitrogen and oxygen atoms in total. The van der Waals surface area contributed by atoms with Crippen LogP contribution in [0, 0.1) is 0 Å². The second-order valence-corrected chi connectivity index (χ2v) is 7.91. The molecule has 0 fully saturated rings. The number of hydrogen-bond acceptors (Lipinski definition) is 6. The number of nitrogens with zero attached hydrogens (tertiary/aromatic N) is 2. The van der Waals surface area contributed by atoms with Crippen molar-refractivity contribution in [2.45, 2.75) is 12.5 Å². The number of benzene rings is 2. The van der Waals surface area contributed by atoms with Gasteiger partial charge in [-0.3, -0.25) is 4.79 Å². The molecule has 2 heterocycles. The minimum atomic E-state index is -0.334. The molecule has 1 amide bonds. The van der Waals surface area contributed by atoms with Crippen LogP contribution in [0.5, 0.6) is 23.0 Å². The Morgan fingerprint density at radius 3 is 2.33 bits per heavy atom. The van der Waals surface area contributed by atoms with Crippen LogP contribution in [-0.4, -0.2) is 50.3 Å². The summed E-state index contributed by atoms with van der Waals surface area (Å²) >= 11 is 5.91. The molecule has 33 heavy (non-hydrogen) atoms. The zero-order chi connectivity index (χ0) is 23.4. The van der Waals surface area contributed by atoms with E-state index in [0.717, 1.165) is 16.9 Å². The average molecular weight is 469 g/mol. The van der Waals surface area contributed by atoms with Crippen LogP contribution < -0.4 is 18.9 Å². The molecule has 3 aromatic rings. The van der Waals surface area contributed by atoms with Crippen molar-refractivity contribution in [1.82, 2.24) is 9.88 Å². The van der Waals surface area contributed by atoms with Crippen LogP contribution in [0.1, 0.15) is 27.5 Å². The van der Waals surface area contributed by atoms with E-state index in [-0.39, 0.29) is 18.6 Å². The maximum absolute atomic E-state index is 13.4. The van der Waals surface area contributed by atoms with Crippen molar-refractivity contribution in [3.8, 4) is 23.0 Å². The fourth-order valence-corrected chi connectivity index (χ4v) is 4.08. The van der Waals surface area contributed by atoms with Gasteiger partial charge in [0.2, 0.25) is 0 Å². The minimum absolute atomic E-state index is 0.136. The smallest absolute Gasteiger partial charge is 0.256 e. The monoisotopic (exact) mass is 468 g/mol. The number of fused-ring (bicyclic) bond motifs is 1. The number of aromatic nitrogens is 1. The molecule has 0 aliphatic carbocycles. The quantitative estimate of drug-likeness (QED) is 0.473. The summed E-state index contributed by atoms with van der Waals surface area (Å²) in [6.45, 7) is 0.794. The molecule has 0 saturated heterocycles. The number of ether oxygens (including phenoxy) is 4. The number of rotatable bonds is 7. The van der Waals surface area contributed by atoms with E-state index in [2.05, 4.69) is 4.98 Å². The van der Waals surface area contributed by atoms with Gasteiger partial charge in [0.05, 0.1) is 32.9 Å². The highest BCUT2D eigenvalue weighted by molar-refractivity contribution is 6.29. The lowest BCUT2D eigenvalue weighted by atomic mass is 9.91. The number of amides is 1. The van der Waals surface area contributed by atoms with E-state index in [0.29, 0.717) is 40.9 Å². The summed E-state index contributed by atoms with van der Waals surface area (Å²) in [7, 11) is 4.82. The third-order valence-electron chi connectivity index (χ3n) is 5.71. The van der Waals surface area contributed by atoms with Crippen molar-refractivity contribution in [2.75, 3.05) is 34.5 Å². The van der Waals surface area contributed by atoms with Gasteiger partial charge in [-0.15, -0.1) is 0 Å². The van der Waals surface area contributed by atoms with Gasteiger partial charge in [0.25, 0.3) is 5.91 Å². The lowest BCUT2D eigenvalue weighted by Crippen LogP contribution is -2.42. The Kier molecular flexibility index (Phi) is 6.89. The van der Waals surface area contributed by atoms with Crippen LogP contribution in [0.25, 0.3) is 0 Å². The van der Waals surface area contributed by atoms with Gasteiger partial charge >= 0.3 is 0 Å². The first-order valence-electron chi connectivity index (χ1n) is 10.5. The highest BCUT2D eigenvalue weighted by Gasteiger charge is 2.33. The zero-order valence-corrected chi connectivity index (χ0v) is 19.5. The largest absolute Gasteiger partial charge is 0.497 e. The van der Waals surface area contributed by atoms with E-state index in [9.17, 15) is 4.79 Å². The first kappa shape index (κ1) is 22.7. The van der Waals surface area contributed by atoms with E-state index >= 15 is 0 Å². The highest BCUT2D eigenvalue weighted by atomic mass is 35.5. The predicted molar refractivity (Wildman–Crippen MR) is 125 cm³/mol. The van der Waals surface area contributed by atoms with Crippen molar-refractivity contribution in [2.24, 2.45) is 0 Å². The minimum Gasteiger partial charge on any atom is -0.497 e. The van der Waals surface area contributed by atoms with Crippen molar-refractivity contribution in [3.63, 3.8) is 0 Å². The molecule has 0 bridgehead atoms. The van der Waals surface area contributed by atoms with Gasteiger partial charge < -0.3 is 23.8 Å². The molecule has 0 saturated carbocycles. The Morgan fingerprint density at radius 2 is 1.70 bits per heavy atom. The van der Waals surface area contributed by atoms with Gasteiger partial charge in [0.1, 0.15) is 23.3 Å². The Bertz CT molecular complexity index is 1120. The van der Waals surface area contributed by atoms with E-state index in [1.807, 2.05) is 41.3 Å². The van der Waals surface area contributed by atoms with E-state index in [4.69, 9.17) is 30.5 Å². The number of halogens is 1. The van der Waals surface area contributed by atoms with Crippen LogP contribution in [-0.2, 0) is 6.42 Å². The molecule has 172 valence electrons. The molecule has 8 heteroatoms. The van der Waals surface area contributed by atoms with E-state index in [1.54, 1.807) is 33.5 Å². The summed E-state index contributed by atoms with van der Waals surface area (Å²) in [4.78, 5) is 19.3. The van der Waals surface area contributed by atoms with Crippen LogP contribution in [0.2, 0.25) is 5.15 Å². The summed E-state index contributed by atoms with van der Waals surface area (Å²) in [5.41, 5.74) is 2.52. The van der Waals surface area contributed by atoms with Gasteiger partial charge in [-0.25, -0.2) is 4.98 Å². The SMILES string of the molecule is COc1ccc(OCC2c3cc(OC)c(OC)cc3CCN2C(=O)c2ccc(Cl)nc2)cc1. The molecular weight excluding hydrogens is 444 g/mol. The summed E-state index contributed by atoms with van der Waals surface area (Å²) < 4.78 is 22.3. The van der Waals surface area contributed by atoms with Gasteiger partial charge in [-0.1, -0.05) is 11.6 Å². The van der Waals surface area contributed by atoms with Crippen LogP contribution >= 0.6 is 11.6 Å². The van der Waals surface area contributed by atoms with Crippen molar-refractivity contribution in [1.29, 1.82) is 0 Å². The first-order valence-corrected chi connectivity index (χ1v) is 10.9. The summed E-state index contributed by atoms with van der Waals surface area (Å²) in [5.74, 6) is 2.56. The first-order chi connectivity index (χ1) is 16.0. The molecule has 2 aromatic carbocycles. The molecule has 1 aliphatic heterocycles. The van der Waals surface area contributed by atoms with Crippen LogP contribution in [0.4, 0.5) is 0 Å². The molecule has 0 spiro atoms. The molecule has 1 atom stereocenters. The van der Waals surface area contributed by atoms with Gasteiger partial charge in [-0.2, -0.15) is 0 Å². The second-order valence-electron chi connectivity index (χ2n) is 7.53. The lowest BCUT2D eigenvalue weighted by molar-refractivity contribution is 0.0589. The second kappa shape index (κ2) is 10.0. The molecule has 0 N–H and O–H groups in total. The number of carbonyl (C=O) groups is 1. The average Bonchev–Trinajstić information content (AvgIpc) is 2.86. The molecule has 4 rings (SSSR count). The maximum Gasteiger partial charge on any atom is 0.256 e. The lowest BCUT2D eigenvalue weighted by Gasteiger charge is -2.37. The van der Waals surface area contributed by atoms with E-state index in [1.165, 1.54) is 6.20 Å². The van der Waals surface area contributed by atoms with E-state index < -0.39 is 0 Å². The Balaban J connectivity index is 1.68. The highest BCUT2D eigenvalue weighted by Crippen LogP contribution is 2.39. The molecular formula is C25H25ClN2O5. The van der Waals surface area contributed by atoms with Gasteiger partial charge in [0, 0.05) is 12.7 Å². The third-order valence-corrected chi connectivity index (χ3v) is 5.93. The maximum atomic E-state index is 13.4. The number of pyridine rings is 1. The molecule has 1 aromatic heterocycles. The molecule has 1 aliphatic rings. The van der Waals surface area contributed by atoms with Gasteiger partial charge in [-0.05, 0) is 66.1 Å². The molecule has 1 unspecified atom stereocenters. The summed E-state index contributed by atoms with van der Waals surface area (Å²) in [6.07, 6.45) is 2.18. The van der Waals surface area contributed by atoms with Crippen molar-refractivity contribution < 1.29 is 23.7 Å². The summed E-state index contributed by atoms with van der Waals surface area (Å²) in [5, 5.41) is 0.340. The van der Waals surface area contributed by atoms with Crippen LogP contribution in [0.15, 0.2) is 54.7 Å². The van der Waals surface area contributed by atoms with Crippen LogP contribution in [0.3, 0.4) is 0 Å². The van der Waals surface area contributed by atoms with Crippen molar-refractivity contribution in [3.05, 3.63) is 76.6 Å². The Hall–Kier alpha value is -3.45. The number of carbonyl (C=O) groups excluding carboxylic acids is 1.